The van der Waals surface area contributed by atoms with Crippen molar-refractivity contribution >= 4 is 39.9 Å². The van der Waals surface area contributed by atoms with E-state index in [1.807, 2.05) is 24.3 Å². The van der Waals surface area contributed by atoms with Crippen molar-refractivity contribution in [1.82, 2.24) is 15.1 Å². The third kappa shape index (κ3) is 10.2. The van der Waals surface area contributed by atoms with Gasteiger partial charge in [-0.05, 0) is 91.7 Å². The van der Waals surface area contributed by atoms with Crippen LogP contribution in [0.3, 0.4) is 0 Å². The van der Waals surface area contributed by atoms with E-state index in [1.165, 1.54) is 10.8 Å². The lowest BCUT2D eigenvalue weighted by atomic mass is 9.94. The number of amides is 1. The number of nitrogens with two attached hydrogens (primary N) is 2. The van der Waals surface area contributed by atoms with E-state index in [0.29, 0.717) is 35.3 Å². The zero-order valence-electron chi connectivity index (χ0n) is 25.8. The minimum atomic E-state index is -0.0802. The number of carbonyl (C=O) groups excluding carboxylic acids is 1. The van der Waals surface area contributed by atoms with Crippen molar-refractivity contribution in [3.8, 4) is 0 Å². The molecule has 3 atom stereocenters. The summed E-state index contributed by atoms with van der Waals surface area (Å²) in [5.41, 5.74) is 14.5. The molecule has 4 rings (SSSR count). The van der Waals surface area contributed by atoms with Gasteiger partial charge in [0, 0.05) is 47.8 Å². The van der Waals surface area contributed by atoms with E-state index in [9.17, 15) is 4.79 Å². The van der Waals surface area contributed by atoms with Crippen LogP contribution in [0.1, 0.15) is 50.7 Å². The first-order valence-electron chi connectivity index (χ1n) is 15.8. The quantitative estimate of drug-likeness (QED) is 0.183. The smallest absolute Gasteiger partial charge is 0.227 e. The first-order valence-corrected chi connectivity index (χ1v) is 16.6. The number of hydrogen-bond donors (Lipinski definition) is 3. The molecule has 6 nitrogen and oxygen atoms in total. The van der Waals surface area contributed by atoms with Crippen LogP contribution in [-0.2, 0) is 17.6 Å². The monoisotopic (exact) mass is 625 g/mol. The van der Waals surface area contributed by atoms with Crippen LogP contribution in [0.2, 0.25) is 10.0 Å². The molecule has 3 aromatic rings. The van der Waals surface area contributed by atoms with Gasteiger partial charge in [0.05, 0.1) is 6.42 Å². The van der Waals surface area contributed by atoms with Gasteiger partial charge < -0.3 is 21.7 Å². The van der Waals surface area contributed by atoms with E-state index < -0.39 is 0 Å². The molecule has 1 fully saturated rings. The highest BCUT2D eigenvalue weighted by Gasteiger charge is 2.36. The molecule has 0 aliphatic carbocycles. The van der Waals surface area contributed by atoms with Crippen LogP contribution in [0.5, 0.6) is 0 Å². The Labute approximate surface area is 268 Å². The molecule has 234 valence electrons. The molecule has 1 aliphatic heterocycles. The number of piperazine rings is 1. The van der Waals surface area contributed by atoms with Crippen LogP contribution in [0.25, 0.3) is 10.8 Å². The van der Waals surface area contributed by atoms with E-state index in [4.69, 9.17) is 34.7 Å². The lowest BCUT2D eigenvalue weighted by Crippen LogP contribution is -2.62. The van der Waals surface area contributed by atoms with E-state index in [-0.39, 0.29) is 24.0 Å². The molecule has 0 aromatic heterocycles. The first-order chi connectivity index (χ1) is 20.7. The first kappa shape index (κ1) is 33.7. The summed E-state index contributed by atoms with van der Waals surface area (Å²) in [6.45, 7) is 9.36. The highest BCUT2D eigenvalue weighted by molar-refractivity contribution is 6.35. The molecule has 5 N–H and O–H groups in total. The summed E-state index contributed by atoms with van der Waals surface area (Å²) in [7, 11) is 0. The molecular formula is C35H49Cl2N5O. The third-order valence-electron chi connectivity index (χ3n) is 8.46. The summed E-state index contributed by atoms with van der Waals surface area (Å²) in [6, 6.07) is 20.6. The Morgan fingerprint density at radius 1 is 0.977 bits per heavy atom. The van der Waals surface area contributed by atoms with Crippen molar-refractivity contribution in [3.05, 3.63) is 81.8 Å². The predicted octanol–water partition coefficient (Wildman–Crippen LogP) is 5.91. The normalized spacial score (nSPS) is 18.4. The standard InChI is InChI=1S/C35H49Cl2N5O/c1-25(2)17-33-23-41(22-31(39)20-29-12-13-30(36)21-34(29)37)32(9-5-15-40-16-6-14-38)24-42(33)35(43)19-26-10-11-27-7-3-4-8-28(27)18-26/h3-4,7-8,10-13,18,21,25,31-33,40H,5-6,9,14-17,19-20,22-24,38-39H2,1-2H3/t31?,32-,33+/m0/s1. The number of halogens is 2. The van der Waals surface area contributed by atoms with Crippen molar-refractivity contribution in [3.63, 3.8) is 0 Å². The van der Waals surface area contributed by atoms with E-state index >= 15 is 0 Å². The van der Waals surface area contributed by atoms with E-state index in [1.54, 1.807) is 6.07 Å². The van der Waals surface area contributed by atoms with Gasteiger partial charge in [-0.2, -0.15) is 0 Å². The third-order valence-corrected chi connectivity index (χ3v) is 9.04. The van der Waals surface area contributed by atoms with Crippen molar-refractivity contribution < 1.29 is 4.79 Å². The molecule has 1 saturated heterocycles. The number of fused-ring (bicyclic) bond motifs is 1. The van der Waals surface area contributed by atoms with Crippen molar-refractivity contribution in [2.24, 2.45) is 17.4 Å². The van der Waals surface area contributed by atoms with Crippen molar-refractivity contribution in [2.45, 2.75) is 70.5 Å². The van der Waals surface area contributed by atoms with Gasteiger partial charge in [-0.1, -0.05) is 85.6 Å². The second-order valence-electron chi connectivity index (χ2n) is 12.5. The molecule has 3 aromatic carbocycles. The maximum Gasteiger partial charge on any atom is 0.227 e. The number of benzene rings is 3. The SMILES string of the molecule is CC(C)C[C@@H]1CN(CC(N)Cc2ccc(Cl)cc2Cl)[C@@H](CCCNCCCN)CN1C(=O)Cc1ccc2ccccc2c1. The maximum absolute atomic E-state index is 14.0. The van der Waals surface area contributed by atoms with Crippen molar-refractivity contribution in [1.29, 1.82) is 0 Å². The fraction of sp³-hybridized carbons (Fsp3) is 0.514. The Morgan fingerprint density at radius 2 is 1.74 bits per heavy atom. The predicted molar refractivity (Wildman–Crippen MR) is 182 cm³/mol. The summed E-state index contributed by atoms with van der Waals surface area (Å²) >= 11 is 12.6. The minimum Gasteiger partial charge on any atom is -0.337 e. The van der Waals surface area contributed by atoms with Crippen LogP contribution in [0.15, 0.2) is 60.7 Å². The largest absolute Gasteiger partial charge is 0.337 e. The number of carbonyl (C=O) groups is 1. The second-order valence-corrected chi connectivity index (χ2v) is 13.4. The molecule has 1 heterocycles. The molecule has 1 aliphatic rings. The summed E-state index contributed by atoms with van der Waals surface area (Å²) in [5, 5.41) is 7.17. The molecule has 1 amide bonds. The average molecular weight is 627 g/mol. The topological polar surface area (TPSA) is 87.6 Å². The minimum absolute atomic E-state index is 0.0802. The van der Waals surface area contributed by atoms with Gasteiger partial charge in [0.2, 0.25) is 5.91 Å². The molecule has 43 heavy (non-hydrogen) atoms. The highest BCUT2D eigenvalue weighted by atomic mass is 35.5. The van der Waals surface area contributed by atoms with Crippen LogP contribution in [0.4, 0.5) is 0 Å². The van der Waals surface area contributed by atoms with Crippen molar-refractivity contribution in [2.75, 3.05) is 39.3 Å². The Hall–Kier alpha value is -2.19. The van der Waals surface area contributed by atoms with Crippen LogP contribution < -0.4 is 16.8 Å². The molecule has 8 heteroatoms. The molecule has 0 saturated carbocycles. The van der Waals surface area contributed by atoms with Gasteiger partial charge in [-0.25, -0.2) is 0 Å². The zero-order valence-corrected chi connectivity index (χ0v) is 27.3. The lowest BCUT2D eigenvalue weighted by molar-refractivity contribution is -0.138. The fourth-order valence-electron chi connectivity index (χ4n) is 6.33. The Balaban J connectivity index is 1.49. The second kappa shape index (κ2) is 16.8. The maximum atomic E-state index is 14.0. The van der Waals surface area contributed by atoms with Gasteiger partial charge in [0.15, 0.2) is 0 Å². The summed E-state index contributed by atoms with van der Waals surface area (Å²) < 4.78 is 0. The Bertz CT molecular complexity index is 1320. The fourth-order valence-corrected chi connectivity index (χ4v) is 6.82. The molecule has 0 bridgehead atoms. The number of hydrogen-bond acceptors (Lipinski definition) is 5. The lowest BCUT2D eigenvalue weighted by Gasteiger charge is -2.48. The van der Waals surface area contributed by atoms with Crippen LogP contribution >= 0.6 is 23.2 Å². The summed E-state index contributed by atoms with van der Waals surface area (Å²) in [4.78, 5) is 18.7. The molecule has 1 unspecified atom stereocenters. The van der Waals surface area contributed by atoms with E-state index in [2.05, 4.69) is 59.3 Å². The van der Waals surface area contributed by atoms with Crippen LogP contribution in [-0.4, -0.2) is 73.1 Å². The average Bonchev–Trinajstić information content (AvgIpc) is 2.97. The van der Waals surface area contributed by atoms with Gasteiger partial charge in [-0.15, -0.1) is 0 Å². The van der Waals surface area contributed by atoms with Gasteiger partial charge >= 0.3 is 0 Å². The van der Waals surface area contributed by atoms with Gasteiger partial charge in [0.25, 0.3) is 0 Å². The number of nitrogens with one attached hydrogen (secondary N) is 1. The Kier molecular flexibility index (Phi) is 13.1. The Morgan fingerprint density at radius 3 is 2.49 bits per heavy atom. The summed E-state index contributed by atoms with van der Waals surface area (Å²) in [5.74, 6) is 0.691. The molecule has 0 spiro atoms. The van der Waals surface area contributed by atoms with E-state index in [0.717, 1.165) is 69.5 Å². The number of rotatable bonds is 15. The van der Waals surface area contributed by atoms with Crippen LogP contribution in [0, 0.1) is 5.92 Å². The molecule has 0 radical (unpaired) electrons. The zero-order chi connectivity index (χ0) is 30.8. The number of nitrogens with zero attached hydrogens (tertiary/aromatic N) is 2. The van der Waals surface area contributed by atoms with Gasteiger partial charge in [-0.3, -0.25) is 9.69 Å². The highest BCUT2D eigenvalue weighted by Crippen LogP contribution is 2.27. The summed E-state index contributed by atoms with van der Waals surface area (Å²) in [6.07, 6.45) is 5.07. The molecular weight excluding hydrogens is 577 g/mol. The van der Waals surface area contributed by atoms with Gasteiger partial charge in [0.1, 0.15) is 0 Å².